The Morgan fingerprint density at radius 3 is 2.79 bits per heavy atom. The van der Waals surface area contributed by atoms with Gasteiger partial charge in [0.15, 0.2) is 40.8 Å². The number of carbonyl (C=O) groups is 1. The summed E-state index contributed by atoms with van der Waals surface area (Å²) in [4.78, 5) is 30.8. The summed E-state index contributed by atoms with van der Waals surface area (Å²) >= 11 is 0. The number of aromatic nitrogens is 7. The number of nitrogens with zero attached hydrogens (tertiary/aromatic N) is 7. The smallest absolute Gasteiger partial charge is 0.251 e. The molecule has 1 aromatic carbocycles. The first-order valence-corrected chi connectivity index (χ1v) is 11.7. The van der Waals surface area contributed by atoms with Crippen molar-refractivity contribution in [2.24, 2.45) is 7.05 Å². The lowest BCUT2D eigenvalue weighted by atomic mass is 10.1. The van der Waals surface area contributed by atoms with E-state index in [9.17, 15) is 15.0 Å². The SMILES string of the molecule is [2H]C([2H])([2H])NC(=O)[C@H]1O[C@@H](n2cnc3c(NCc4ccccc4)nc(-c4cnc5c(cnn5C)c4)nc32)[C@H](O)[C@@H]1O. The van der Waals surface area contributed by atoms with Crippen LogP contribution in [-0.4, -0.2) is 75.7 Å². The molecule has 5 aromatic rings. The predicted octanol–water partition coefficient (Wildman–Crippen LogP) is 0.752. The van der Waals surface area contributed by atoms with Gasteiger partial charge in [-0.25, -0.2) is 19.9 Å². The number of carbonyl (C=O) groups excluding carboxylic acids is 1. The van der Waals surface area contributed by atoms with Crippen LogP contribution in [-0.2, 0) is 23.1 Å². The molecule has 0 radical (unpaired) electrons. The molecule has 1 fully saturated rings. The first-order chi connectivity index (χ1) is 19.6. The Hall–Kier alpha value is -4.46. The maximum absolute atomic E-state index is 12.5. The first-order valence-electron chi connectivity index (χ1n) is 13.2. The van der Waals surface area contributed by atoms with Gasteiger partial charge in [-0.1, -0.05) is 30.3 Å². The minimum absolute atomic E-state index is 0.241. The lowest BCUT2D eigenvalue weighted by molar-refractivity contribution is -0.137. The number of rotatable bonds is 6. The van der Waals surface area contributed by atoms with E-state index in [4.69, 9.17) is 13.8 Å². The number of anilines is 1. The molecule has 38 heavy (non-hydrogen) atoms. The number of pyridine rings is 1. The quantitative estimate of drug-likeness (QED) is 0.252. The summed E-state index contributed by atoms with van der Waals surface area (Å²) in [6, 6.07) is 11.5. The van der Waals surface area contributed by atoms with Gasteiger partial charge in [-0.3, -0.25) is 14.0 Å². The van der Waals surface area contributed by atoms with Crippen LogP contribution < -0.4 is 10.6 Å². The van der Waals surface area contributed by atoms with E-state index in [1.54, 1.807) is 29.4 Å². The van der Waals surface area contributed by atoms with Crippen LogP contribution in [0.5, 0.6) is 0 Å². The molecule has 5 heterocycles. The summed E-state index contributed by atoms with van der Waals surface area (Å²) in [5.74, 6) is -0.402. The highest BCUT2D eigenvalue weighted by Crippen LogP contribution is 2.34. The highest BCUT2D eigenvalue weighted by molar-refractivity contribution is 5.87. The second-order valence-corrected chi connectivity index (χ2v) is 8.88. The molecule has 1 saturated heterocycles. The van der Waals surface area contributed by atoms with Crippen molar-refractivity contribution in [2.75, 3.05) is 12.3 Å². The van der Waals surface area contributed by atoms with Gasteiger partial charge in [0.1, 0.15) is 12.2 Å². The van der Waals surface area contributed by atoms with E-state index in [0.717, 1.165) is 10.9 Å². The van der Waals surface area contributed by atoms with Crippen LogP contribution in [0.15, 0.2) is 55.1 Å². The first kappa shape index (κ1) is 20.6. The third-order valence-corrected chi connectivity index (χ3v) is 6.45. The minimum Gasteiger partial charge on any atom is -0.387 e. The van der Waals surface area contributed by atoms with Gasteiger partial charge in [-0.2, -0.15) is 5.10 Å². The van der Waals surface area contributed by atoms with Crippen LogP contribution in [0.3, 0.4) is 0 Å². The van der Waals surface area contributed by atoms with Gasteiger partial charge in [0.05, 0.1) is 12.5 Å². The minimum atomic E-state index is -2.80. The molecule has 0 unspecified atom stereocenters. The highest BCUT2D eigenvalue weighted by Gasteiger charge is 2.47. The van der Waals surface area contributed by atoms with E-state index in [0.29, 0.717) is 29.1 Å². The normalized spacial score (nSPS) is 22.8. The zero-order valence-corrected chi connectivity index (χ0v) is 20.1. The fourth-order valence-corrected chi connectivity index (χ4v) is 4.48. The van der Waals surface area contributed by atoms with Crippen molar-refractivity contribution in [1.82, 2.24) is 39.6 Å². The summed E-state index contributed by atoms with van der Waals surface area (Å²) in [6.07, 6.45) is -1.58. The number of aliphatic hydroxyl groups excluding tert-OH is 2. The molecule has 13 heteroatoms. The topological polar surface area (TPSA) is 165 Å². The molecular weight excluding hydrogens is 490 g/mol. The lowest BCUT2D eigenvalue weighted by Gasteiger charge is -2.17. The number of aryl methyl sites for hydroxylation is 1. The number of hydrogen-bond donors (Lipinski definition) is 4. The number of nitrogens with one attached hydrogen (secondary N) is 2. The number of benzene rings is 1. The molecule has 0 saturated carbocycles. The fraction of sp³-hybridized carbons (Fsp3) is 0.280. The van der Waals surface area contributed by atoms with Gasteiger partial charge in [-0.15, -0.1) is 0 Å². The summed E-state index contributed by atoms with van der Waals surface area (Å²) in [5.41, 5.74) is 2.86. The Morgan fingerprint density at radius 2 is 1.97 bits per heavy atom. The lowest BCUT2D eigenvalue weighted by Crippen LogP contribution is -2.41. The van der Waals surface area contributed by atoms with Gasteiger partial charge < -0.3 is 25.6 Å². The zero-order chi connectivity index (χ0) is 28.9. The molecule has 13 nitrogen and oxygen atoms in total. The second kappa shape index (κ2) is 9.45. The van der Waals surface area contributed by atoms with Crippen molar-refractivity contribution in [3.8, 4) is 11.4 Å². The average molecular weight is 519 g/mol. The third-order valence-electron chi connectivity index (χ3n) is 6.45. The Labute approximate surface area is 220 Å². The highest BCUT2D eigenvalue weighted by atomic mass is 16.6. The molecule has 4 aromatic heterocycles. The van der Waals surface area contributed by atoms with Crippen molar-refractivity contribution in [2.45, 2.75) is 31.1 Å². The number of fused-ring (bicyclic) bond motifs is 2. The average Bonchev–Trinajstić information content (AvgIpc) is 3.62. The van der Waals surface area contributed by atoms with Gasteiger partial charge in [0, 0.05) is 41.8 Å². The van der Waals surface area contributed by atoms with E-state index < -0.39 is 37.4 Å². The summed E-state index contributed by atoms with van der Waals surface area (Å²) in [7, 11) is 1.79. The van der Waals surface area contributed by atoms with E-state index in [1.807, 2.05) is 36.4 Å². The van der Waals surface area contributed by atoms with E-state index in [-0.39, 0.29) is 11.5 Å². The molecule has 4 N–H and O–H groups in total. The number of hydrogen-bond acceptors (Lipinski definition) is 10. The Kier molecular flexibility index (Phi) is 5.12. The van der Waals surface area contributed by atoms with Crippen LogP contribution in [0.25, 0.3) is 33.6 Å². The molecule has 1 amide bonds. The fourth-order valence-electron chi connectivity index (χ4n) is 4.48. The maximum atomic E-state index is 12.5. The van der Waals surface area contributed by atoms with Crippen molar-refractivity contribution in [3.05, 3.63) is 60.7 Å². The van der Waals surface area contributed by atoms with Crippen molar-refractivity contribution >= 4 is 33.9 Å². The molecule has 6 rings (SSSR count). The summed E-state index contributed by atoms with van der Waals surface area (Å²) < 4.78 is 30.5. The molecule has 0 spiro atoms. The summed E-state index contributed by atoms with van der Waals surface area (Å²) in [5, 5.41) is 31.5. The number of likely N-dealkylation sites (N-methyl/N-ethyl adjacent to an activating group) is 1. The number of imidazole rings is 1. The molecule has 4 atom stereocenters. The van der Waals surface area contributed by atoms with Crippen molar-refractivity contribution < 1.29 is 23.9 Å². The van der Waals surface area contributed by atoms with Crippen LogP contribution in [0.4, 0.5) is 5.82 Å². The van der Waals surface area contributed by atoms with Crippen LogP contribution >= 0.6 is 0 Å². The molecule has 1 aliphatic rings. The molecule has 194 valence electrons. The number of amides is 1. The molecule has 0 aliphatic carbocycles. The van der Waals surface area contributed by atoms with Crippen LogP contribution in [0.2, 0.25) is 0 Å². The predicted molar refractivity (Wildman–Crippen MR) is 137 cm³/mol. The summed E-state index contributed by atoms with van der Waals surface area (Å²) in [6.45, 7) is -2.37. The Balaban J connectivity index is 1.41. The van der Waals surface area contributed by atoms with Crippen LogP contribution in [0.1, 0.15) is 15.9 Å². The Morgan fingerprint density at radius 1 is 1.13 bits per heavy atom. The number of ether oxygens (including phenoxy) is 1. The van der Waals surface area contributed by atoms with E-state index in [1.165, 1.54) is 10.9 Å². The molecule has 1 aliphatic heterocycles. The van der Waals surface area contributed by atoms with Crippen LogP contribution in [0, 0.1) is 0 Å². The van der Waals surface area contributed by atoms with Gasteiger partial charge in [0.25, 0.3) is 5.91 Å². The number of aliphatic hydroxyl groups is 2. The van der Waals surface area contributed by atoms with Crippen molar-refractivity contribution in [1.29, 1.82) is 0 Å². The molecular formula is C25H25N9O4. The van der Waals surface area contributed by atoms with Gasteiger partial charge >= 0.3 is 0 Å². The van der Waals surface area contributed by atoms with Gasteiger partial charge in [0.2, 0.25) is 0 Å². The second-order valence-electron chi connectivity index (χ2n) is 8.88. The van der Waals surface area contributed by atoms with E-state index >= 15 is 0 Å². The maximum Gasteiger partial charge on any atom is 0.251 e. The van der Waals surface area contributed by atoms with Crippen molar-refractivity contribution in [3.63, 3.8) is 0 Å². The van der Waals surface area contributed by atoms with Gasteiger partial charge in [-0.05, 0) is 11.6 Å². The molecule has 0 bridgehead atoms. The largest absolute Gasteiger partial charge is 0.387 e. The van der Waals surface area contributed by atoms with E-state index in [2.05, 4.69) is 25.4 Å². The third kappa shape index (κ3) is 4.02. The monoisotopic (exact) mass is 518 g/mol. The Bertz CT molecular complexity index is 1740. The standard InChI is InChI=1S/C25H25N9O4/c1-26-24(37)19-17(35)18(36)25(38-19)34-12-29-16-21(27-9-13-6-4-3-5-7-13)31-20(32-23(16)34)14-8-15-11-30-33(2)22(15)28-10-14/h3-8,10-12,17-19,25,35-36H,9H2,1-2H3,(H,26,37)(H,27,31,32)/t17-,18+,19-,25+/m0/s1/i1D3. The zero-order valence-electron chi connectivity index (χ0n) is 23.1.